The van der Waals surface area contributed by atoms with E-state index in [-0.39, 0.29) is 23.2 Å². The number of piperazine rings is 1. The number of fused-ring (bicyclic) bond motifs is 1. The molecular formula is C29H38FN7O2. The monoisotopic (exact) mass is 535 g/mol. The predicted octanol–water partition coefficient (Wildman–Crippen LogP) is 3.62. The first-order valence-electron chi connectivity index (χ1n) is 14.3. The molecule has 1 spiro atoms. The van der Waals surface area contributed by atoms with Crippen molar-refractivity contribution in [1.29, 1.82) is 0 Å². The SMILES string of the molecule is CCC1(N2C(=O)[C@]3(CCNC3=O)Cc3cnc(Nc4ccc(N5CCN(C(C)C)CC5)c(F)c4)nc32)CCC1. The summed E-state index contributed by atoms with van der Waals surface area (Å²) in [5.41, 5.74) is 0.538. The summed E-state index contributed by atoms with van der Waals surface area (Å²) in [4.78, 5) is 42.5. The molecule has 1 aromatic heterocycles. The summed E-state index contributed by atoms with van der Waals surface area (Å²) >= 11 is 0. The quantitative estimate of drug-likeness (QED) is 0.546. The summed E-state index contributed by atoms with van der Waals surface area (Å²) in [6, 6.07) is 5.62. The number of amides is 2. The van der Waals surface area contributed by atoms with E-state index in [1.165, 1.54) is 6.07 Å². The van der Waals surface area contributed by atoms with Gasteiger partial charge in [0.2, 0.25) is 17.8 Å². The molecule has 2 N–H and O–H groups in total. The first-order chi connectivity index (χ1) is 18.8. The van der Waals surface area contributed by atoms with E-state index in [0.717, 1.165) is 57.4 Å². The summed E-state index contributed by atoms with van der Waals surface area (Å²) in [5, 5.41) is 6.02. The largest absolute Gasteiger partial charge is 0.367 e. The minimum absolute atomic E-state index is 0.149. The van der Waals surface area contributed by atoms with E-state index in [1.54, 1.807) is 12.3 Å². The van der Waals surface area contributed by atoms with E-state index in [1.807, 2.05) is 11.0 Å². The number of carbonyl (C=O) groups excluding carboxylic acids is 2. The molecule has 10 heteroatoms. The Morgan fingerprint density at radius 2 is 1.90 bits per heavy atom. The molecule has 2 saturated heterocycles. The Hall–Kier alpha value is -3.27. The molecule has 3 fully saturated rings. The minimum atomic E-state index is -1.08. The van der Waals surface area contributed by atoms with Gasteiger partial charge in [-0.05, 0) is 64.2 Å². The lowest BCUT2D eigenvalue weighted by atomic mass is 9.69. The Balaban J connectivity index is 1.26. The predicted molar refractivity (Wildman–Crippen MR) is 149 cm³/mol. The molecule has 0 unspecified atom stereocenters. The fourth-order valence-electron chi connectivity index (χ4n) is 6.74. The maximum atomic E-state index is 15.2. The zero-order valence-electron chi connectivity index (χ0n) is 23.1. The smallest absolute Gasteiger partial charge is 0.244 e. The highest BCUT2D eigenvalue weighted by Gasteiger charge is 2.59. The highest BCUT2D eigenvalue weighted by molar-refractivity contribution is 6.15. The highest BCUT2D eigenvalue weighted by atomic mass is 19.1. The zero-order valence-corrected chi connectivity index (χ0v) is 23.1. The molecule has 39 heavy (non-hydrogen) atoms. The van der Waals surface area contributed by atoms with Crippen LogP contribution in [0.2, 0.25) is 0 Å². The normalized spacial score (nSPS) is 24.6. The first-order valence-corrected chi connectivity index (χ1v) is 14.3. The van der Waals surface area contributed by atoms with Crippen molar-refractivity contribution in [1.82, 2.24) is 20.2 Å². The second kappa shape index (κ2) is 9.73. The number of hydrogen-bond donors (Lipinski definition) is 2. The molecule has 4 heterocycles. The van der Waals surface area contributed by atoms with Crippen LogP contribution < -0.4 is 20.4 Å². The van der Waals surface area contributed by atoms with Gasteiger partial charge in [-0.1, -0.05) is 6.92 Å². The molecule has 1 aliphatic carbocycles. The second-order valence-corrected chi connectivity index (χ2v) is 11.8. The third-order valence-electron chi connectivity index (χ3n) is 9.44. The van der Waals surface area contributed by atoms with Gasteiger partial charge in [-0.15, -0.1) is 0 Å². The fourth-order valence-corrected chi connectivity index (χ4v) is 6.74. The Morgan fingerprint density at radius 1 is 1.13 bits per heavy atom. The molecule has 2 amide bonds. The Bertz CT molecular complexity index is 1280. The van der Waals surface area contributed by atoms with E-state index in [2.05, 4.69) is 46.2 Å². The summed E-state index contributed by atoms with van der Waals surface area (Å²) in [6.45, 7) is 10.4. The van der Waals surface area contributed by atoms with Crippen LogP contribution in [0, 0.1) is 11.2 Å². The molecule has 4 aliphatic rings. The average Bonchev–Trinajstić information content (AvgIpc) is 3.26. The molecule has 1 atom stereocenters. The van der Waals surface area contributed by atoms with Crippen molar-refractivity contribution in [3.05, 3.63) is 35.8 Å². The molecule has 1 aromatic carbocycles. The van der Waals surface area contributed by atoms with Crippen LogP contribution in [0.4, 0.5) is 27.5 Å². The van der Waals surface area contributed by atoms with Gasteiger partial charge in [0.15, 0.2) is 0 Å². The van der Waals surface area contributed by atoms with Crippen LogP contribution in [0.3, 0.4) is 0 Å². The number of nitrogens with zero attached hydrogens (tertiary/aromatic N) is 5. The molecular weight excluding hydrogens is 497 g/mol. The van der Waals surface area contributed by atoms with Gasteiger partial charge >= 0.3 is 0 Å². The van der Waals surface area contributed by atoms with E-state index in [9.17, 15) is 9.59 Å². The summed E-state index contributed by atoms with van der Waals surface area (Å²) in [7, 11) is 0. The van der Waals surface area contributed by atoms with Crippen molar-refractivity contribution in [3.8, 4) is 0 Å². The Labute approximate surface area is 229 Å². The molecule has 2 aromatic rings. The van der Waals surface area contributed by atoms with E-state index in [4.69, 9.17) is 4.98 Å². The lowest BCUT2D eigenvalue weighted by molar-refractivity contribution is -0.141. The van der Waals surface area contributed by atoms with Crippen LogP contribution in [0.15, 0.2) is 24.4 Å². The number of halogens is 1. The Kier molecular flexibility index (Phi) is 6.48. The third-order valence-corrected chi connectivity index (χ3v) is 9.44. The Morgan fingerprint density at radius 3 is 2.49 bits per heavy atom. The van der Waals surface area contributed by atoms with Crippen molar-refractivity contribution in [3.63, 3.8) is 0 Å². The van der Waals surface area contributed by atoms with Crippen LogP contribution >= 0.6 is 0 Å². The fraction of sp³-hybridized carbons (Fsp3) is 0.586. The van der Waals surface area contributed by atoms with Gasteiger partial charge in [0.05, 0.1) is 5.69 Å². The van der Waals surface area contributed by atoms with Crippen LogP contribution in [0.5, 0.6) is 0 Å². The number of anilines is 4. The molecule has 3 aliphatic heterocycles. The number of hydrogen-bond acceptors (Lipinski definition) is 7. The van der Waals surface area contributed by atoms with Gasteiger partial charge in [-0.2, -0.15) is 4.98 Å². The van der Waals surface area contributed by atoms with Crippen molar-refractivity contribution >= 4 is 35.0 Å². The number of aromatic nitrogens is 2. The molecule has 208 valence electrons. The molecule has 6 rings (SSSR count). The van der Waals surface area contributed by atoms with E-state index < -0.39 is 5.41 Å². The number of carbonyl (C=O) groups is 2. The summed E-state index contributed by atoms with van der Waals surface area (Å²) < 4.78 is 15.2. The van der Waals surface area contributed by atoms with E-state index >= 15 is 4.39 Å². The number of benzene rings is 1. The van der Waals surface area contributed by atoms with Gasteiger partial charge in [0.25, 0.3) is 0 Å². The summed E-state index contributed by atoms with van der Waals surface area (Å²) in [5.74, 6) is 0.244. The summed E-state index contributed by atoms with van der Waals surface area (Å²) in [6.07, 6.45) is 6.11. The molecule has 9 nitrogen and oxygen atoms in total. The third kappa shape index (κ3) is 4.23. The maximum absolute atomic E-state index is 15.2. The first kappa shape index (κ1) is 26.0. The van der Waals surface area contributed by atoms with E-state index in [0.29, 0.717) is 48.6 Å². The van der Waals surface area contributed by atoms with Crippen LogP contribution in [-0.4, -0.2) is 71.0 Å². The van der Waals surface area contributed by atoms with Crippen molar-refractivity contribution in [2.24, 2.45) is 5.41 Å². The minimum Gasteiger partial charge on any atom is -0.367 e. The van der Waals surface area contributed by atoms with Crippen LogP contribution in [0.1, 0.15) is 58.4 Å². The van der Waals surface area contributed by atoms with Gasteiger partial charge in [0.1, 0.15) is 17.1 Å². The van der Waals surface area contributed by atoms with Gasteiger partial charge in [0, 0.05) is 68.2 Å². The van der Waals surface area contributed by atoms with Gasteiger partial charge in [-0.3, -0.25) is 19.4 Å². The molecule has 1 saturated carbocycles. The number of nitrogens with one attached hydrogen (secondary N) is 2. The maximum Gasteiger partial charge on any atom is 0.244 e. The molecule has 0 bridgehead atoms. The lowest BCUT2D eigenvalue weighted by Gasteiger charge is -2.53. The standard InChI is InChI=1S/C29H38FN7O2/c1-4-28(8-5-9-28)37-24-20(17-29(26(37)39)10-11-31-25(29)38)18-32-27(34-24)33-21-6-7-23(22(30)16-21)36-14-12-35(13-15-36)19(2)3/h6-7,16,18-19H,4-5,8-15,17H2,1-3H3,(H,31,38)(H,32,33,34)/t29-/m1/s1. The molecule has 0 radical (unpaired) electrons. The average molecular weight is 536 g/mol. The van der Waals surface area contributed by atoms with Crippen molar-refractivity contribution < 1.29 is 14.0 Å². The van der Waals surface area contributed by atoms with Gasteiger partial charge in [-0.25, -0.2) is 9.37 Å². The van der Waals surface area contributed by atoms with Gasteiger partial charge < -0.3 is 15.5 Å². The van der Waals surface area contributed by atoms with Crippen LogP contribution in [-0.2, 0) is 16.0 Å². The zero-order chi connectivity index (χ0) is 27.4. The topological polar surface area (TPSA) is 93.7 Å². The highest BCUT2D eigenvalue weighted by Crippen LogP contribution is 2.50. The second-order valence-electron chi connectivity index (χ2n) is 11.8. The number of rotatable bonds is 6. The lowest BCUT2D eigenvalue weighted by Crippen LogP contribution is -2.64. The van der Waals surface area contributed by atoms with Crippen molar-refractivity contribution in [2.45, 2.75) is 70.9 Å². The van der Waals surface area contributed by atoms with Crippen molar-refractivity contribution in [2.75, 3.05) is 47.8 Å². The van der Waals surface area contributed by atoms with Crippen LogP contribution in [0.25, 0.3) is 0 Å².